The van der Waals surface area contributed by atoms with Crippen LogP contribution in [0, 0.1) is 10.1 Å². The van der Waals surface area contributed by atoms with Gasteiger partial charge in [-0.15, -0.1) is 0 Å². The third kappa shape index (κ3) is 3.09. The summed E-state index contributed by atoms with van der Waals surface area (Å²) in [7, 11) is 0. The molecule has 0 unspecified atom stereocenters. The highest BCUT2D eigenvalue weighted by Crippen LogP contribution is 2.16. The molecule has 0 radical (unpaired) electrons. The lowest BCUT2D eigenvalue weighted by molar-refractivity contribution is -0.384. The maximum absolute atomic E-state index is 12.4. The zero-order chi connectivity index (χ0) is 17.3. The number of hydrogen-bond donors (Lipinski definition) is 0. The quantitative estimate of drug-likeness (QED) is 0.389. The molecule has 120 valence electrons. The molecular weight excluding hydrogens is 378 g/mol. The number of hydrogen-bond acceptors (Lipinski definition) is 5. The zero-order valence-electron chi connectivity index (χ0n) is 12.2. The lowest BCUT2D eigenvalue weighted by Gasteiger charge is -2.06. The maximum atomic E-state index is 12.4. The molecule has 0 saturated carbocycles. The number of nitro groups is 1. The van der Waals surface area contributed by atoms with E-state index in [0.717, 1.165) is 4.47 Å². The molecule has 2 aromatic carbocycles. The van der Waals surface area contributed by atoms with E-state index in [9.17, 15) is 19.7 Å². The molecule has 0 fully saturated rings. The van der Waals surface area contributed by atoms with Crippen LogP contribution in [0.25, 0.3) is 10.9 Å². The summed E-state index contributed by atoms with van der Waals surface area (Å²) in [6.07, 6.45) is 1.23. The Balaban J connectivity index is 1.95. The van der Waals surface area contributed by atoms with Gasteiger partial charge in [0, 0.05) is 22.2 Å². The largest absolute Gasteiger partial charge is 0.292 e. The Hall–Kier alpha value is -2.87. The summed E-state index contributed by atoms with van der Waals surface area (Å²) in [5.74, 6) is -0.229. The second kappa shape index (κ2) is 6.32. The fourth-order valence-corrected chi connectivity index (χ4v) is 2.52. The predicted octanol–water partition coefficient (Wildman–Crippen LogP) is 2.95. The average Bonchev–Trinajstić information content (AvgIpc) is 2.57. The summed E-state index contributed by atoms with van der Waals surface area (Å²) in [5, 5.41) is 11.0. The van der Waals surface area contributed by atoms with Crippen molar-refractivity contribution in [2.24, 2.45) is 0 Å². The molecule has 1 aromatic heterocycles. The number of Topliss-reactive ketones (excluding diaryl/α,β-unsaturated/α-hetero) is 1. The Morgan fingerprint density at radius 1 is 1.21 bits per heavy atom. The first-order valence-corrected chi connectivity index (χ1v) is 7.67. The molecule has 3 aromatic rings. The molecule has 0 aliphatic carbocycles. The minimum Gasteiger partial charge on any atom is -0.292 e. The normalized spacial score (nSPS) is 10.7. The zero-order valence-corrected chi connectivity index (χ0v) is 13.8. The van der Waals surface area contributed by atoms with E-state index in [4.69, 9.17) is 0 Å². The van der Waals surface area contributed by atoms with Crippen molar-refractivity contribution in [1.29, 1.82) is 0 Å². The summed E-state index contributed by atoms with van der Waals surface area (Å²) in [4.78, 5) is 39.0. The van der Waals surface area contributed by atoms with E-state index < -0.39 is 10.5 Å². The number of nitro benzene ring substituents is 1. The van der Waals surface area contributed by atoms with Crippen molar-refractivity contribution in [3.63, 3.8) is 0 Å². The van der Waals surface area contributed by atoms with Crippen LogP contribution in [0.4, 0.5) is 5.69 Å². The lowest BCUT2D eigenvalue weighted by Crippen LogP contribution is -2.24. The minimum absolute atomic E-state index is 0.141. The van der Waals surface area contributed by atoms with Gasteiger partial charge in [-0.05, 0) is 18.2 Å². The molecule has 0 atom stereocenters. The van der Waals surface area contributed by atoms with Crippen molar-refractivity contribution in [3.8, 4) is 0 Å². The highest BCUT2D eigenvalue weighted by Gasteiger charge is 2.13. The van der Waals surface area contributed by atoms with Crippen molar-refractivity contribution in [3.05, 3.63) is 79.3 Å². The van der Waals surface area contributed by atoms with E-state index in [0.29, 0.717) is 5.56 Å². The molecule has 1 heterocycles. The van der Waals surface area contributed by atoms with E-state index in [-0.39, 0.29) is 28.9 Å². The fraction of sp³-hybridized carbons (Fsp3) is 0.0625. The van der Waals surface area contributed by atoms with Crippen molar-refractivity contribution >= 4 is 38.3 Å². The molecular formula is C16H10BrN3O4. The fourth-order valence-electron chi connectivity index (χ4n) is 2.25. The van der Waals surface area contributed by atoms with Crippen LogP contribution in [0.5, 0.6) is 0 Å². The Morgan fingerprint density at radius 3 is 2.58 bits per heavy atom. The highest BCUT2D eigenvalue weighted by atomic mass is 79.9. The van der Waals surface area contributed by atoms with Crippen LogP contribution in [0.3, 0.4) is 0 Å². The molecule has 0 saturated heterocycles. The summed E-state index contributed by atoms with van der Waals surface area (Å²) in [6.45, 7) is -0.152. The number of fused-ring (bicyclic) bond motifs is 1. The SMILES string of the molecule is O=C(Cn1cnc2cc([N+](=O)[O-])ccc2c1=O)c1ccc(Br)cc1. The van der Waals surface area contributed by atoms with Gasteiger partial charge in [0.2, 0.25) is 0 Å². The third-order valence-electron chi connectivity index (χ3n) is 3.50. The van der Waals surface area contributed by atoms with Crippen molar-refractivity contribution in [1.82, 2.24) is 9.55 Å². The van der Waals surface area contributed by atoms with Gasteiger partial charge in [0.15, 0.2) is 5.78 Å². The van der Waals surface area contributed by atoms with Crippen LogP contribution < -0.4 is 5.56 Å². The van der Waals surface area contributed by atoms with Crippen LogP contribution >= 0.6 is 15.9 Å². The van der Waals surface area contributed by atoms with Gasteiger partial charge in [-0.2, -0.15) is 0 Å². The van der Waals surface area contributed by atoms with Crippen LogP contribution in [-0.4, -0.2) is 20.3 Å². The first-order chi connectivity index (χ1) is 11.5. The van der Waals surface area contributed by atoms with Gasteiger partial charge < -0.3 is 0 Å². The molecule has 0 spiro atoms. The number of ketones is 1. The molecule has 8 heteroatoms. The average molecular weight is 388 g/mol. The molecule has 0 aliphatic heterocycles. The molecule has 0 aliphatic rings. The summed E-state index contributed by atoms with van der Waals surface area (Å²) in [5.41, 5.74) is 0.147. The van der Waals surface area contributed by atoms with E-state index in [1.165, 1.54) is 29.1 Å². The number of carbonyl (C=O) groups is 1. The number of aromatic nitrogens is 2. The van der Waals surface area contributed by atoms with Gasteiger partial charge in [-0.3, -0.25) is 24.3 Å². The monoisotopic (exact) mass is 387 g/mol. The van der Waals surface area contributed by atoms with Crippen LogP contribution in [0.15, 0.2) is 58.1 Å². The molecule has 3 rings (SSSR count). The third-order valence-corrected chi connectivity index (χ3v) is 4.03. The van der Waals surface area contributed by atoms with Gasteiger partial charge in [-0.25, -0.2) is 4.98 Å². The second-order valence-corrected chi connectivity index (χ2v) is 5.98. The summed E-state index contributed by atoms with van der Waals surface area (Å²) < 4.78 is 2.05. The first kappa shape index (κ1) is 16.0. The summed E-state index contributed by atoms with van der Waals surface area (Å²) in [6, 6.07) is 10.6. The van der Waals surface area contributed by atoms with Crippen LogP contribution in [-0.2, 0) is 6.54 Å². The lowest BCUT2D eigenvalue weighted by atomic mass is 10.1. The second-order valence-electron chi connectivity index (χ2n) is 5.07. The van der Waals surface area contributed by atoms with Crippen LogP contribution in [0.2, 0.25) is 0 Å². The number of nitrogens with zero attached hydrogens (tertiary/aromatic N) is 3. The Kier molecular flexibility index (Phi) is 4.22. The van der Waals surface area contributed by atoms with Gasteiger partial charge in [0.25, 0.3) is 11.2 Å². The Labute approximate surface area is 143 Å². The molecule has 0 bridgehead atoms. The number of halogens is 1. The van der Waals surface area contributed by atoms with Gasteiger partial charge in [0.05, 0.1) is 28.7 Å². The number of carbonyl (C=O) groups excluding carboxylic acids is 1. The number of rotatable bonds is 4. The van der Waals surface area contributed by atoms with Crippen molar-refractivity contribution < 1.29 is 9.72 Å². The van der Waals surface area contributed by atoms with E-state index in [1.54, 1.807) is 24.3 Å². The Bertz CT molecular complexity index is 1010. The maximum Gasteiger partial charge on any atom is 0.271 e. The van der Waals surface area contributed by atoms with Crippen LogP contribution in [0.1, 0.15) is 10.4 Å². The summed E-state index contributed by atoms with van der Waals surface area (Å²) >= 11 is 3.29. The number of benzene rings is 2. The predicted molar refractivity (Wildman–Crippen MR) is 91.1 cm³/mol. The first-order valence-electron chi connectivity index (χ1n) is 6.88. The molecule has 24 heavy (non-hydrogen) atoms. The number of non-ortho nitro benzene ring substituents is 1. The van der Waals surface area contributed by atoms with E-state index >= 15 is 0 Å². The Morgan fingerprint density at radius 2 is 1.92 bits per heavy atom. The van der Waals surface area contributed by atoms with Crippen molar-refractivity contribution in [2.75, 3.05) is 0 Å². The van der Waals surface area contributed by atoms with E-state index in [1.807, 2.05) is 0 Å². The van der Waals surface area contributed by atoms with Gasteiger partial charge >= 0.3 is 0 Å². The van der Waals surface area contributed by atoms with E-state index in [2.05, 4.69) is 20.9 Å². The highest BCUT2D eigenvalue weighted by molar-refractivity contribution is 9.10. The van der Waals surface area contributed by atoms with Crippen molar-refractivity contribution in [2.45, 2.75) is 6.54 Å². The van der Waals surface area contributed by atoms with Gasteiger partial charge in [0.1, 0.15) is 0 Å². The molecule has 0 N–H and O–H groups in total. The standard InChI is InChI=1S/C16H10BrN3O4/c17-11-3-1-10(2-4-11)15(21)8-19-9-18-14-7-12(20(23)24)5-6-13(14)16(19)22/h1-7,9H,8H2. The molecule has 7 nitrogen and oxygen atoms in total. The smallest absolute Gasteiger partial charge is 0.271 e. The topological polar surface area (TPSA) is 95.1 Å². The molecule has 0 amide bonds. The van der Waals surface area contributed by atoms with Gasteiger partial charge in [-0.1, -0.05) is 28.1 Å². The minimum atomic E-state index is -0.552.